The molecule has 0 atom stereocenters. The highest BCUT2D eigenvalue weighted by Gasteiger charge is 2.15. The fraction of sp³-hybridized carbons (Fsp3) is 0.167. The Balaban J connectivity index is 2.17. The van der Waals surface area contributed by atoms with Crippen molar-refractivity contribution in [3.05, 3.63) is 77.0 Å². The Labute approximate surface area is 119 Å². The molecule has 0 aliphatic carbocycles. The molecule has 0 bridgehead atoms. The number of benzodiazepines with no additional fused rings is 1. The summed E-state index contributed by atoms with van der Waals surface area (Å²) >= 11 is 0. The number of nitrogens with zero attached hydrogens (tertiary/aromatic N) is 1. The molecule has 0 saturated carbocycles. The second-order valence-electron chi connectivity index (χ2n) is 5.18. The average Bonchev–Trinajstić information content (AvgIpc) is 2.68. The van der Waals surface area contributed by atoms with E-state index in [1.54, 1.807) is 0 Å². The molecule has 0 amide bonds. The minimum absolute atomic E-state index is 0.696. The van der Waals surface area contributed by atoms with Gasteiger partial charge in [0, 0.05) is 22.5 Å². The monoisotopic (exact) mass is 262 g/mol. The van der Waals surface area contributed by atoms with Gasteiger partial charge in [0.2, 0.25) is 0 Å². The lowest BCUT2D eigenvalue weighted by molar-refractivity contribution is 1.10. The van der Waals surface area contributed by atoms with Crippen molar-refractivity contribution in [3.63, 3.8) is 0 Å². The molecule has 2 aromatic carbocycles. The van der Waals surface area contributed by atoms with Crippen LogP contribution in [0.15, 0.2) is 70.9 Å². The number of hydrogen-bond donors (Lipinski definition) is 1. The van der Waals surface area contributed by atoms with Crippen LogP contribution in [0.5, 0.6) is 0 Å². The maximum atomic E-state index is 4.83. The molecule has 3 rings (SSSR count). The third kappa shape index (κ3) is 2.37. The maximum Gasteiger partial charge on any atom is 0.0796 e. The summed E-state index contributed by atoms with van der Waals surface area (Å²) in [5.74, 6) is 0. The van der Waals surface area contributed by atoms with Crippen LogP contribution in [-0.2, 0) is 0 Å². The van der Waals surface area contributed by atoms with Crippen LogP contribution in [0.2, 0.25) is 0 Å². The van der Waals surface area contributed by atoms with Crippen LogP contribution in [0.1, 0.15) is 25.0 Å². The van der Waals surface area contributed by atoms with Gasteiger partial charge >= 0.3 is 0 Å². The lowest BCUT2D eigenvalue weighted by Crippen LogP contribution is -2.05. The van der Waals surface area contributed by atoms with Gasteiger partial charge in [0.1, 0.15) is 0 Å². The first-order chi connectivity index (χ1) is 9.75. The topological polar surface area (TPSA) is 24.4 Å². The number of hydrogen-bond acceptors (Lipinski definition) is 2. The van der Waals surface area contributed by atoms with Gasteiger partial charge in [0.05, 0.1) is 12.3 Å². The molecule has 20 heavy (non-hydrogen) atoms. The van der Waals surface area contributed by atoms with E-state index in [2.05, 4.69) is 67.7 Å². The SMILES string of the molecule is CC(C)=C1CN=C(c2ccccc2)c2ccccc2N1. The first kappa shape index (κ1) is 12.7. The Kier molecular flexibility index (Phi) is 3.38. The van der Waals surface area contributed by atoms with E-state index >= 15 is 0 Å². The summed E-state index contributed by atoms with van der Waals surface area (Å²) in [5, 5.41) is 3.52. The first-order valence-electron chi connectivity index (χ1n) is 6.88. The summed E-state index contributed by atoms with van der Waals surface area (Å²) in [7, 11) is 0. The van der Waals surface area contributed by atoms with Crippen LogP contribution in [0.3, 0.4) is 0 Å². The lowest BCUT2D eigenvalue weighted by Gasteiger charge is -2.11. The van der Waals surface area contributed by atoms with Gasteiger partial charge in [-0.3, -0.25) is 4.99 Å². The van der Waals surface area contributed by atoms with Crippen molar-refractivity contribution in [1.29, 1.82) is 0 Å². The van der Waals surface area contributed by atoms with Gasteiger partial charge in [-0.05, 0) is 19.9 Å². The third-order valence-electron chi connectivity index (χ3n) is 3.51. The number of rotatable bonds is 1. The van der Waals surface area contributed by atoms with E-state index in [1.165, 1.54) is 11.3 Å². The number of nitrogens with one attached hydrogen (secondary N) is 1. The largest absolute Gasteiger partial charge is 0.357 e. The summed E-state index contributed by atoms with van der Waals surface area (Å²) in [5.41, 5.74) is 6.97. The Bertz CT molecular complexity index is 678. The molecular weight excluding hydrogens is 244 g/mol. The summed E-state index contributed by atoms with van der Waals surface area (Å²) < 4.78 is 0. The molecule has 1 N–H and O–H groups in total. The smallest absolute Gasteiger partial charge is 0.0796 e. The maximum absolute atomic E-state index is 4.83. The number of aliphatic imine (C=N–C) groups is 1. The molecule has 0 aromatic heterocycles. The van der Waals surface area contributed by atoms with Crippen molar-refractivity contribution in [3.8, 4) is 0 Å². The molecule has 2 heteroatoms. The number of fused-ring (bicyclic) bond motifs is 1. The second kappa shape index (κ2) is 5.33. The minimum atomic E-state index is 0.696. The van der Waals surface area contributed by atoms with Gasteiger partial charge in [0.25, 0.3) is 0 Å². The van der Waals surface area contributed by atoms with Gasteiger partial charge in [-0.15, -0.1) is 0 Å². The van der Waals surface area contributed by atoms with E-state index < -0.39 is 0 Å². The molecule has 0 radical (unpaired) electrons. The number of anilines is 1. The van der Waals surface area contributed by atoms with Crippen molar-refractivity contribution in [2.45, 2.75) is 13.8 Å². The van der Waals surface area contributed by atoms with Crippen molar-refractivity contribution in [1.82, 2.24) is 0 Å². The molecule has 0 spiro atoms. The molecule has 1 heterocycles. The zero-order chi connectivity index (χ0) is 13.9. The van der Waals surface area contributed by atoms with Crippen molar-refractivity contribution in [2.75, 3.05) is 11.9 Å². The van der Waals surface area contributed by atoms with Crippen LogP contribution in [0.4, 0.5) is 5.69 Å². The van der Waals surface area contributed by atoms with Crippen LogP contribution in [-0.4, -0.2) is 12.3 Å². The fourth-order valence-electron chi connectivity index (χ4n) is 2.37. The van der Waals surface area contributed by atoms with E-state index in [0.717, 1.165) is 22.5 Å². The van der Waals surface area contributed by atoms with E-state index in [4.69, 9.17) is 4.99 Å². The molecule has 1 aliphatic heterocycles. The number of benzene rings is 2. The third-order valence-corrected chi connectivity index (χ3v) is 3.51. The molecular formula is C18H18N2. The first-order valence-corrected chi connectivity index (χ1v) is 6.88. The Hall–Kier alpha value is -2.35. The van der Waals surface area contributed by atoms with Gasteiger partial charge < -0.3 is 5.32 Å². The van der Waals surface area contributed by atoms with Gasteiger partial charge in [-0.2, -0.15) is 0 Å². The molecule has 2 nitrogen and oxygen atoms in total. The predicted octanol–water partition coefficient (Wildman–Crippen LogP) is 4.24. The van der Waals surface area contributed by atoms with Crippen molar-refractivity contribution in [2.24, 2.45) is 4.99 Å². The van der Waals surface area contributed by atoms with Gasteiger partial charge in [-0.1, -0.05) is 54.1 Å². The normalized spacial score (nSPS) is 13.9. The Morgan fingerprint density at radius 1 is 0.950 bits per heavy atom. The zero-order valence-corrected chi connectivity index (χ0v) is 11.9. The van der Waals surface area contributed by atoms with Gasteiger partial charge in [-0.25, -0.2) is 0 Å². The van der Waals surface area contributed by atoms with Crippen LogP contribution < -0.4 is 5.32 Å². The zero-order valence-electron chi connectivity index (χ0n) is 11.9. The highest BCUT2D eigenvalue weighted by Crippen LogP contribution is 2.25. The number of para-hydroxylation sites is 1. The molecule has 0 saturated heterocycles. The molecule has 1 aliphatic rings. The Morgan fingerprint density at radius 3 is 2.40 bits per heavy atom. The minimum Gasteiger partial charge on any atom is -0.357 e. The lowest BCUT2D eigenvalue weighted by atomic mass is 10.0. The highest BCUT2D eigenvalue weighted by molar-refractivity contribution is 6.16. The van der Waals surface area contributed by atoms with Crippen molar-refractivity contribution < 1.29 is 0 Å². The molecule has 0 fully saturated rings. The van der Waals surface area contributed by atoms with E-state index in [1.807, 2.05) is 6.07 Å². The highest BCUT2D eigenvalue weighted by atomic mass is 15.0. The molecule has 2 aromatic rings. The fourth-order valence-corrected chi connectivity index (χ4v) is 2.37. The van der Waals surface area contributed by atoms with Crippen LogP contribution in [0, 0.1) is 0 Å². The quantitative estimate of drug-likeness (QED) is 0.816. The standard InChI is InChI=1S/C18H18N2/c1-13(2)17-12-19-18(14-8-4-3-5-9-14)15-10-6-7-11-16(15)20-17/h3-11,20H,12H2,1-2H3. The van der Waals surface area contributed by atoms with Crippen LogP contribution >= 0.6 is 0 Å². The van der Waals surface area contributed by atoms with Crippen LogP contribution in [0.25, 0.3) is 0 Å². The number of allylic oxidation sites excluding steroid dienone is 1. The average molecular weight is 262 g/mol. The summed E-state index contributed by atoms with van der Waals surface area (Å²) in [6, 6.07) is 18.7. The van der Waals surface area contributed by atoms with E-state index in [0.29, 0.717) is 6.54 Å². The second-order valence-corrected chi connectivity index (χ2v) is 5.18. The predicted molar refractivity (Wildman–Crippen MR) is 85.4 cm³/mol. The summed E-state index contributed by atoms with van der Waals surface area (Å²) in [6.07, 6.45) is 0. The summed E-state index contributed by atoms with van der Waals surface area (Å²) in [4.78, 5) is 4.83. The van der Waals surface area contributed by atoms with E-state index in [9.17, 15) is 0 Å². The Morgan fingerprint density at radius 2 is 1.65 bits per heavy atom. The molecule has 0 unspecified atom stereocenters. The summed E-state index contributed by atoms with van der Waals surface area (Å²) in [6.45, 7) is 4.93. The van der Waals surface area contributed by atoms with Gasteiger partial charge in [0.15, 0.2) is 0 Å². The molecule has 100 valence electrons. The van der Waals surface area contributed by atoms with E-state index in [-0.39, 0.29) is 0 Å². The van der Waals surface area contributed by atoms with Crippen molar-refractivity contribution >= 4 is 11.4 Å².